The number of hydrogen-bond acceptors (Lipinski definition) is 14. The van der Waals surface area contributed by atoms with Gasteiger partial charge in [0.05, 0.1) is 11.4 Å². The Bertz CT molecular complexity index is 1820. The lowest BCUT2D eigenvalue weighted by atomic mass is 10.2. The van der Waals surface area contributed by atoms with E-state index in [1.165, 1.54) is 13.8 Å². The maximum atomic E-state index is 10.7. The van der Waals surface area contributed by atoms with Gasteiger partial charge < -0.3 is 16.2 Å². The van der Waals surface area contributed by atoms with E-state index in [1.54, 1.807) is 43.8 Å². The van der Waals surface area contributed by atoms with E-state index in [1.807, 2.05) is 77.1 Å². The van der Waals surface area contributed by atoms with Crippen LogP contribution in [0.3, 0.4) is 0 Å². The zero-order valence-corrected chi connectivity index (χ0v) is 31.6. The summed E-state index contributed by atoms with van der Waals surface area (Å²) >= 11 is 4.64. The molecule has 0 saturated carbocycles. The van der Waals surface area contributed by atoms with Gasteiger partial charge in [-0.05, 0) is 124 Å². The molecule has 0 amide bonds. The minimum Gasteiger partial charge on any atom is -0.397 e. The van der Waals surface area contributed by atoms with Crippen LogP contribution in [-0.4, -0.2) is 70.1 Å². The molecule has 0 aliphatic rings. The second-order valence-electron chi connectivity index (χ2n) is 10.3. The van der Waals surface area contributed by atoms with Crippen molar-refractivity contribution in [3.8, 4) is 17.6 Å². The molecule has 0 aromatic carbocycles. The molecule has 5 rings (SSSR count). The number of aliphatic hydroxyl groups excluding tert-OH is 1. The van der Waals surface area contributed by atoms with Gasteiger partial charge >= 0.3 is 0 Å². The number of H-pyrrole nitrogens is 1. The van der Waals surface area contributed by atoms with Gasteiger partial charge in [0.25, 0.3) is 0 Å². The van der Waals surface area contributed by atoms with E-state index < -0.39 is 0 Å². The lowest BCUT2D eigenvalue weighted by Crippen LogP contribution is -2.14. The number of hydrazine groups is 1. The summed E-state index contributed by atoms with van der Waals surface area (Å²) in [4.78, 5) is 40.0. The van der Waals surface area contributed by atoms with Crippen LogP contribution in [0.5, 0.6) is 0 Å². The van der Waals surface area contributed by atoms with Gasteiger partial charge in [-0.2, -0.15) is 10.4 Å². The first-order valence-corrected chi connectivity index (χ1v) is 15.9. The number of ketones is 1. The molecule has 0 unspecified atom stereocenters. The maximum Gasteiger partial charge on any atom is 0.218 e. The summed E-state index contributed by atoms with van der Waals surface area (Å²) in [5.74, 6) is 9.48. The number of aryl methyl sites for hydroxylation is 5. The lowest BCUT2D eigenvalue weighted by Gasteiger charge is -1.99. The van der Waals surface area contributed by atoms with E-state index in [9.17, 15) is 9.59 Å². The Morgan fingerprint density at radius 1 is 0.827 bits per heavy atom. The molecule has 278 valence electrons. The molecule has 9 N–H and O–H groups in total. The number of aromatic amines is 1. The van der Waals surface area contributed by atoms with Crippen molar-refractivity contribution >= 4 is 28.3 Å². The fourth-order valence-corrected chi connectivity index (χ4v) is 3.25. The van der Waals surface area contributed by atoms with Crippen LogP contribution in [0.15, 0.2) is 73.3 Å². The molecule has 15 nitrogen and oxygen atoms in total. The quantitative estimate of drug-likeness (QED) is 0.0483. The average molecular weight is 733 g/mol. The van der Waals surface area contributed by atoms with E-state index in [2.05, 4.69) is 58.4 Å². The Hall–Kier alpha value is -5.63. The fourth-order valence-electron chi connectivity index (χ4n) is 3.25. The van der Waals surface area contributed by atoms with Crippen molar-refractivity contribution in [2.75, 3.05) is 13.2 Å². The van der Waals surface area contributed by atoms with Gasteiger partial charge in [-0.25, -0.2) is 9.97 Å². The zero-order chi connectivity index (χ0) is 40.1. The van der Waals surface area contributed by atoms with Crippen LogP contribution in [0.1, 0.15) is 70.7 Å². The highest BCUT2D eigenvalue weighted by Gasteiger charge is 2.04. The van der Waals surface area contributed by atoms with Crippen LogP contribution >= 0.6 is 11.6 Å². The summed E-state index contributed by atoms with van der Waals surface area (Å²) in [6.45, 7) is 14.7. The number of carbonyl (C=O) groups excluding carboxylic acids is 2. The second kappa shape index (κ2) is 29.1. The highest BCUT2D eigenvalue weighted by molar-refractivity contribution is 6.62. The number of nitriles is 1. The van der Waals surface area contributed by atoms with Crippen molar-refractivity contribution in [3.05, 3.63) is 118 Å². The topological polar surface area (TPSA) is 273 Å². The third-order valence-electron chi connectivity index (χ3n) is 5.48. The van der Waals surface area contributed by atoms with Crippen molar-refractivity contribution in [1.82, 2.24) is 35.1 Å². The van der Waals surface area contributed by atoms with Crippen molar-refractivity contribution in [1.29, 1.82) is 10.7 Å². The molecule has 52 heavy (non-hydrogen) atoms. The summed E-state index contributed by atoms with van der Waals surface area (Å²) in [6, 6.07) is 16.9. The number of aromatic nitrogens is 7. The molecule has 5 aromatic rings. The van der Waals surface area contributed by atoms with E-state index in [0.29, 0.717) is 28.6 Å². The number of nitrogens with two attached hydrogens (primary N) is 3. The number of nitrogens with one attached hydrogen (secondary N) is 2. The Morgan fingerprint density at radius 2 is 1.25 bits per heavy atom. The Kier molecular flexibility index (Phi) is 27.2. The van der Waals surface area contributed by atoms with Gasteiger partial charge in [0.1, 0.15) is 29.0 Å². The Balaban J connectivity index is 0. The van der Waals surface area contributed by atoms with Gasteiger partial charge in [0, 0.05) is 51.8 Å². The molecule has 0 aliphatic heterocycles. The molecule has 5 heterocycles. The normalized spacial score (nSPS) is 8.85. The van der Waals surface area contributed by atoms with Crippen molar-refractivity contribution in [2.45, 2.75) is 55.4 Å². The fraction of sp³-hybridized carbons (Fsp3) is 0.278. The number of aliphatic hydroxyl groups is 1. The molecule has 0 atom stereocenters. The average Bonchev–Trinajstić information content (AvgIpc) is 3.56. The van der Waals surface area contributed by atoms with Gasteiger partial charge in [-0.1, -0.05) is 0 Å². The molecule has 0 radical (unpaired) electrons. The molecule has 0 bridgehead atoms. The Labute approximate surface area is 310 Å². The Morgan fingerprint density at radius 3 is 1.60 bits per heavy atom. The van der Waals surface area contributed by atoms with E-state index in [-0.39, 0.29) is 24.2 Å². The van der Waals surface area contributed by atoms with Gasteiger partial charge in [-0.15, -0.1) is 0 Å². The summed E-state index contributed by atoms with van der Waals surface area (Å²) in [7, 11) is 0. The van der Waals surface area contributed by atoms with Crippen molar-refractivity contribution in [3.63, 3.8) is 0 Å². The van der Waals surface area contributed by atoms with E-state index >= 15 is 0 Å². The standard InChI is InChI=1S/C9H10N4.C8H11N3.C8H9NO.C7H6N2.C2H3ClO.C2H6O.H4N2/c1-6-3-4-10-8(5-6)9-11-7(2)12-13-9;1-6-2-3-11-8(4-6)7(10)5-9;1-6-3-4-9-8(5-6)7(2)10;1-6-2-3-9-7(4-6)5-8;1-2(3)4;1-2-3;1-2/h3-5H,1-2H3,(H,11,12,13);2-4,10H,5,9H2,1H3;3-5H,1-2H3;2-4H,1H3;1H3;3H,2H2,1H3;1-2H2. The van der Waals surface area contributed by atoms with E-state index in [4.69, 9.17) is 21.5 Å². The van der Waals surface area contributed by atoms with Crippen molar-refractivity contribution in [2.24, 2.45) is 17.4 Å². The number of halogens is 1. The summed E-state index contributed by atoms with van der Waals surface area (Å²) < 4.78 is 0. The molecule has 5 aromatic heterocycles. The number of Topliss-reactive ketones (excluding diaryl/α,β-unsaturated/α-hetero) is 1. The summed E-state index contributed by atoms with van der Waals surface area (Å²) in [5.41, 5.74) is 12.6. The van der Waals surface area contributed by atoms with Crippen LogP contribution in [0.25, 0.3) is 11.5 Å². The minimum atomic E-state index is -0.361. The molecule has 16 heteroatoms. The monoisotopic (exact) mass is 732 g/mol. The first kappa shape index (κ1) is 48.5. The summed E-state index contributed by atoms with van der Waals surface area (Å²) in [5, 5.41) is 29.8. The number of carbonyl (C=O) groups is 2. The maximum absolute atomic E-state index is 10.7. The molecule has 0 spiro atoms. The van der Waals surface area contributed by atoms with E-state index in [0.717, 1.165) is 33.8 Å². The van der Waals surface area contributed by atoms with Crippen LogP contribution < -0.4 is 17.4 Å². The first-order valence-electron chi connectivity index (χ1n) is 15.6. The summed E-state index contributed by atoms with van der Waals surface area (Å²) in [6.07, 6.45) is 6.73. The number of pyridine rings is 4. The minimum absolute atomic E-state index is 0.0173. The van der Waals surface area contributed by atoms with Crippen LogP contribution in [0.4, 0.5) is 0 Å². The van der Waals surface area contributed by atoms with Crippen LogP contribution in [0.2, 0.25) is 0 Å². The van der Waals surface area contributed by atoms with Gasteiger partial charge in [-0.3, -0.25) is 41.3 Å². The molecule has 0 saturated heterocycles. The highest BCUT2D eigenvalue weighted by atomic mass is 35.5. The molecular formula is C36H49ClN12O3. The van der Waals surface area contributed by atoms with Gasteiger partial charge in [0.2, 0.25) is 5.24 Å². The predicted molar refractivity (Wildman–Crippen MR) is 204 cm³/mol. The molecule has 0 fully saturated rings. The van der Waals surface area contributed by atoms with Crippen LogP contribution in [-0.2, 0) is 4.79 Å². The molecule has 0 aliphatic carbocycles. The predicted octanol–water partition coefficient (Wildman–Crippen LogP) is 4.64. The van der Waals surface area contributed by atoms with Crippen LogP contribution in [0, 0.1) is 51.4 Å². The third kappa shape index (κ3) is 23.7. The highest BCUT2D eigenvalue weighted by Crippen LogP contribution is 2.12. The largest absolute Gasteiger partial charge is 0.397 e. The number of nitrogens with zero attached hydrogens (tertiary/aromatic N) is 7. The smallest absolute Gasteiger partial charge is 0.218 e. The number of hydrogen-bond donors (Lipinski definition) is 6. The second-order valence-corrected chi connectivity index (χ2v) is 10.8. The zero-order valence-electron chi connectivity index (χ0n) is 30.8. The first-order chi connectivity index (χ1) is 24.7. The third-order valence-corrected chi connectivity index (χ3v) is 5.48. The lowest BCUT2D eigenvalue weighted by molar-refractivity contribution is -0.109. The SMILES string of the molecule is CC(=O)Cl.CC(=O)c1cc(C)ccn1.CCO.Cc1ccnc(-c2n[nH]c(C)n2)c1.Cc1ccnc(C#N)c1.Cc1ccnc(C(=N)CN)c1.NN. The van der Waals surface area contributed by atoms with Gasteiger partial charge in [0.15, 0.2) is 11.6 Å². The van der Waals surface area contributed by atoms with Crippen molar-refractivity contribution < 1.29 is 14.7 Å². The molecular weight excluding hydrogens is 684 g/mol. The number of rotatable bonds is 4.